The lowest BCUT2D eigenvalue weighted by Gasteiger charge is -2.03. The van der Waals surface area contributed by atoms with Crippen LogP contribution in [0, 0.1) is 6.92 Å². The van der Waals surface area contributed by atoms with Gasteiger partial charge in [-0.15, -0.1) is 0 Å². The van der Waals surface area contributed by atoms with Gasteiger partial charge in [0.1, 0.15) is 0 Å². The molecule has 13 heavy (non-hydrogen) atoms. The number of pyridine rings is 1. The van der Waals surface area contributed by atoms with Crippen molar-refractivity contribution in [2.45, 2.75) is 13.8 Å². The van der Waals surface area contributed by atoms with Crippen LogP contribution in [0.1, 0.15) is 33.3 Å². The topological polar surface area (TPSA) is 67.3 Å². The van der Waals surface area contributed by atoms with Gasteiger partial charge in [-0.2, -0.15) is 0 Å². The molecule has 0 amide bonds. The minimum atomic E-state index is -1.11. The van der Waals surface area contributed by atoms with Gasteiger partial charge in [0.2, 0.25) is 0 Å². The number of nitrogens with zero attached hydrogens (tertiary/aromatic N) is 1. The van der Waals surface area contributed by atoms with E-state index in [1.54, 1.807) is 6.92 Å². The molecule has 0 spiro atoms. The van der Waals surface area contributed by atoms with E-state index >= 15 is 0 Å². The normalized spacial score (nSPS) is 9.69. The van der Waals surface area contributed by atoms with Gasteiger partial charge in [-0.3, -0.25) is 4.79 Å². The van der Waals surface area contributed by atoms with E-state index in [-0.39, 0.29) is 11.5 Å². The second-order valence-electron chi connectivity index (χ2n) is 2.69. The molecule has 0 saturated carbocycles. The summed E-state index contributed by atoms with van der Waals surface area (Å²) in [5.41, 5.74) is 0.766. The van der Waals surface area contributed by atoms with Crippen LogP contribution in [0.5, 0.6) is 0 Å². The van der Waals surface area contributed by atoms with Crippen molar-refractivity contribution in [2.24, 2.45) is 0 Å². The Labute approximate surface area is 75.2 Å². The van der Waals surface area contributed by atoms with Crippen molar-refractivity contribution in [3.8, 4) is 0 Å². The molecule has 68 valence electrons. The molecule has 0 radical (unpaired) electrons. The first-order chi connectivity index (χ1) is 6.04. The fraction of sp³-hybridized carbons (Fsp3) is 0.222. The van der Waals surface area contributed by atoms with Crippen molar-refractivity contribution in [2.75, 3.05) is 0 Å². The van der Waals surface area contributed by atoms with Gasteiger partial charge in [-0.25, -0.2) is 9.78 Å². The standard InChI is InChI=1S/C9H9NO3/c1-5-7(6(2)11)3-4-10-8(5)9(12)13/h3-4H,1-2H3,(H,12,13). The predicted molar refractivity (Wildman–Crippen MR) is 45.9 cm³/mol. The van der Waals surface area contributed by atoms with Crippen LogP contribution >= 0.6 is 0 Å². The molecule has 1 N–H and O–H groups in total. The van der Waals surface area contributed by atoms with E-state index in [1.807, 2.05) is 0 Å². The molecular formula is C9H9NO3. The highest BCUT2D eigenvalue weighted by molar-refractivity contribution is 5.98. The van der Waals surface area contributed by atoms with Gasteiger partial charge in [0.05, 0.1) is 0 Å². The Balaban J connectivity index is 3.35. The third-order valence-corrected chi connectivity index (χ3v) is 1.79. The number of rotatable bonds is 2. The van der Waals surface area contributed by atoms with E-state index in [9.17, 15) is 9.59 Å². The zero-order valence-corrected chi connectivity index (χ0v) is 7.37. The molecule has 4 heteroatoms. The lowest BCUT2D eigenvalue weighted by molar-refractivity contribution is 0.0689. The Morgan fingerprint density at radius 3 is 2.54 bits per heavy atom. The number of carboxylic acids is 1. The Hall–Kier alpha value is -1.71. The summed E-state index contributed by atoms with van der Waals surface area (Å²) in [5, 5.41) is 8.70. The maximum Gasteiger partial charge on any atom is 0.354 e. The molecule has 0 saturated heterocycles. The van der Waals surface area contributed by atoms with E-state index in [0.29, 0.717) is 11.1 Å². The molecule has 1 aromatic heterocycles. The van der Waals surface area contributed by atoms with Crippen LogP contribution < -0.4 is 0 Å². The molecule has 0 aliphatic heterocycles. The van der Waals surface area contributed by atoms with Gasteiger partial charge in [-0.05, 0) is 25.5 Å². The highest BCUT2D eigenvalue weighted by atomic mass is 16.4. The molecule has 1 rings (SSSR count). The quantitative estimate of drug-likeness (QED) is 0.694. The maximum atomic E-state index is 11.0. The first-order valence-corrected chi connectivity index (χ1v) is 3.74. The van der Waals surface area contributed by atoms with Crippen LogP contribution in [0.2, 0.25) is 0 Å². The minimum absolute atomic E-state index is 0.0623. The van der Waals surface area contributed by atoms with Crippen molar-refractivity contribution in [3.05, 3.63) is 29.1 Å². The first kappa shape index (κ1) is 9.38. The summed E-state index contributed by atoms with van der Waals surface area (Å²) in [6.07, 6.45) is 1.33. The smallest absolute Gasteiger partial charge is 0.354 e. The summed E-state index contributed by atoms with van der Waals surface area (Å²) >= 11 is 0. The Morgan fingerprint density at radius 1 is 1.46 bits per heavy atom. The van der Waals surface area contributed by atoms with E-state index in [2.05, 4.69) is 4.98 Å². The minimum Gasteiger partial charge on any atom is -0.477 e. The summed E-state index contributed by atoms with van der Waals surface area (Å²) < 4.78 is 0. The number of hydrogen-bond acceptors (Lipinski definition) is 3. The van der Waals surface area contributed by atoms with Crippen molar-refractivity contribution in [1.82, 2.24) is 4.98 Å². The van der Waals surface area contributed by atoms with E-state index < -0.39 is 5.97 Å². The number of aromatic carboxylic acids is 1. The molecule has 1 aromatic rings. The maximum absolute atomic E-state index is 11.0. The monoisotopic (exact) mass is 179 g/mol. The number of carbonyl (C=O) groups excluding carboxylic acids is 1. The third-order valence-electron chi connectivity index (χ3n) is 1.79. The molecule has 4 nitrogen and oxygen atoms in total. The number of hydrogen-bond donors (Lipinski definition) is 1. The van der Waals surface area contributed by atoms with Crippen LogP contribution in [0.25, 0.3) is 0 Å². The predicted octanol–water partition coefficient (Wildman–Crippen LogP) is 1.29. The average Bonchev–Trinajstić information content (AvgIpc) is 2.03. The van der Waals surface area contributed by atoms with Crippen molar-refractivity contribution in [3.63, 3.8) is 0 Å². The van der Waals surface area contributed by atoms with Crippen molar-refractivity contribution >= 4 is 11.8 Å². The number of carbonyl (C=O) groups is 2. The molecule has 0 aliphatic rings. The summed E-state index contributed by atoms with van der Waals surface area (Å²) in [6.45, 7) is 2.97. The lowest BCUT2D eigenvalue weighted by atomic mass is 10.1. The SMILES string of the molecule is CC(=O)c1ccnc(C(=O)O)c1C. The van der Waals surface area contributed by atoms with Gasteiger partial charge in [0.15, 0.2) is 11.5 Å². The third kappa shape index (κ3) is 1.72. The Kier molecular flexibility index (Phi) is 2.41. The summed E-state index contributed by atoms with van der Waals surface area (Å²) in [7, 11) is 0. The summed E-state index contributed by atoms with van der Waals surface area (Å²) in [4.78, 5) is 25.3. The molecule has 0 atom stereocenters. The molecule has 1 heterocycles. The highest BCUT2D eigenvalue weighted by Crippen LogP contribution is 2.11. The fourth-order valence-corrected chi connectivity index (χ4v) is 1.13. The zero-order chi connectivity index (χ0) is 10.0. The van der Waals surface area contributed by atoms with Gasteiger partial charge in [0.25, 0.3) is 0 Å². The summed E-state index contributed by atoms with van der Waals surface area (Å²) in [6, 6.07) is 1.52. The van der Waals surface area contributed by atoms with Crippen LogP contribution in [-0.4, -0.2) is 21.8 Å². The van der Waals surface area contributed by atoms with E-state index in [4.69, 9.17) is 5.11 Å². The number of ketones is 1. The van der Waals surface area contributed by atoms with Gasteiger partial charge < -0.3 is 5.11 Å². The summed E-state index contributed by atoms with van der Waals surface area (Å²) in [5.74, 6) is -1.26. The van der Waals surface area contributed by atoms with E-state index in [0.717, 1.165) is 0 Å². The fourth-order valence-electron chi connectivity index (χ4n) is 1.13. The van der Waals surface area contributed by atoms with Crippen LogP contribution in [-0.2, 0) is 0 Å². The number of carboxylic acid groups (broad SMARTS) is 1. The van der Waals surface area contributed by atoms with Crippen LogP contribution in [0.4, 0.5) is 0 Å². The Morgan fingerprint density at radius 2 is 2.08 bits per heavy atom. The lowest BCUT2D eigenvalue weighted by Crippen LogP contribution is -2.07. The zero-order valence-electron chi connectivity index (χ0n) is 7.37. The largest absolute Gasteiger partial charge is 0.477 e. The molecule has 0 fully saturated rings. The first-order valence-electron chi connectivity index (χ1n) is 3.74. The molecular weight excluding hydrogens is 170 g/mol. The molecule has 0 aliphatic carbocycles. The second-order valence-corrected chi connectivity index (χ2v) is 2.69. The van der Waals surface area contributed by atoms with E-state index in [1.165, 1.54) is 19.2 Å². The van der Waals surface area contributed by atoms with Gasteiger partial charge >= 0.3 is 5.97 Å². The molecule has 0 unspecified atom stereocenters. The number of Topliss-reactive ketones (excluding diaryl/α,β-unsaturated/α-hetero) is 1. The molecule has 0 aromatic carbocycles. The molecule has 0 bridgehead atoms. The highest BCUT2D eigenvalue weighted by Gasteiger charge is 2.13. The number of aromatic nitrogens is 1. The second kappa shape index (κ2) is 3.35. The van der Waals surface area contributed by atoms with Crippen molar-refractivity contribution < 1.29 is 14.7 Å². The average molecular weight is 179 g/mol. The van der Waals surface area contributed by atoms with Gasteiger partial charge in [-0.1, -0.05) is 0 Å². The van der Waals surface area contributed by atoms with Crippen LogP contribution in [0.3, 0.4) is 0 Å². The van der Waals surface area contributed by atoms with Crippen molar-refractivity contribution in [1.29, 1.82) is 0 Å². The Bertz CT molecular complexity index is 339. The van der Waals surface area contributed by atoms with Crippen LogP contribution in [0.15, 0.2) is 12.3 Å². The van der Waals surface area contributed by atoms with Gasteiger partial charge in [0, 0.05) is 11.8 Å².